The Morgan fingerprint density at radius 3 is 2.42 bits per heavy atom. The van der Waals surface area contributed by atoms with E-state index < -0.39 is 28.6 Å². The maximum Gasteiger partial charge on any atom is 0.272 e. The summed E-state index contributed by atoms with van der Waals surface area (Å²) in [5, 5.41) is 20.9. The SMILES string of the molecule is CCN(C(=O)c1c(O)c2ccc(OC)cc2n(-c2ccc(O)cc2)c1=O)c1cccc(F)c1. The third-order valence-electron chi connectivity index (χ3n) is 5.36. The van der Waals surface area contributed by atoms with Crippen LogP contribution in [0.4, 0.5) is 10.1 Å². The first-order chi connectivity index (χ1) is 15.8. The molecule has 0 radical (unpaired) electrons. The van der Waals surface area contributed by atoms with Gasteiger partial charge in [-0.25, -0.2) is 4.39 Å². The minimum atomic E-state index is -0.768. The van der Waals surface area contributed by atoms with Gasteiger partial charge in [0.25, 0.3) is 11.5 Å². The number of aromatic nitrogens is 1. The number of nitrogens with zero attached hydrogens (tertiary/aromatic N) is 2. The van der Waals surface area contributed by atoms with Crippen molar-refractivity contribution in [1.29, 1.82) is 0 Å². The summed E-state index contributed by atoms with van der Waals surface area (Å²) in [6.07, 6.45) is 0. The van der Waals surface area contributed by atoms with Crippen LogP contribution in [0.5, 0.6) is 17.2 Å². The number of rotatable bonds is 5. The molecule has 1 heterocycles. The zero-order chi connectivity index (χ0) is 23.7. The molecule has 0 saturated carbocycles. The molecule has 0 aliphatic rings. The number of carbonyl (C=O) groups excluding carboxylic acids is 1. The van der Waals surface area contributed by atoms with E-state index in [1.54, 1.807) is 31.2 Å². The van der Waals surface area contributed by atoms with Gasteiger partial charge in [0, 0.05) is 29.4 Å². The summed E-state index contributed by atoms with van der Waals surface area (Å²) in [6.45, 7) is 1.82. The summed E-state index contributed by atoms with van der Waals surface area (Å²) in [5.41, 5.74) is -0.273. The van der Waals surface area contributed by atoms with Crippen molar-refractivity contribution in [3.05, 3.63) is 88.5 Å². The third kappa shape index (κ3) is 3.87. The number of pyridine rings is 1. The second-order valence-corrected chi connectivity index (χ2v) is 7.29. The first-order valence-electron chi connectivity index (χ1n) is 10.2. The minimum absolute atomic E-state index is 0.00651. The van der Waals surface area contributed by atoms with Crippen molar-refractivity contribution in [2.24, 2.45) is 0 Å². The lowest BCUT2D eigenvalue weighted by Crippen LogP contribution is -2.36. The van der Waals surface area contributed by atoms with E-state index >= 15 is 0 Å². The summed E-state index contributed by atoms with van der Waals surface area (Å²) in [4.78, 5) is 28.3. The number of amides is 1. The Morgan fingerprint density at radius 1 is 1.06 bits per heavy atom. The van der Waals surface area contributed by atoms with Crippen LogP contribution in [0, 0.1) is 5.82 Å². The second kappa shape index (κ2) is 8.66. The van der Waals surface area contributed by atoms with Crippen molar-refractivity contribution < 1.29 is 24.1 Å². The topological polar surface area (TPSA) is 92.0 Å². The molecular formula is C25H21FN2O5. The molecular weight excluding hydrogens is 427 g/mol. The molecule has 0 fully saturated rings. The molecule has 0 bridgehead atoms. The lowest BCUT2D eigenvalue weighted by Gasteiger charge is -2.23. The Hall–Kier alpha value is -4.33. The number of phenolic OH excluding ortho intramolecular Hbond substituents is 1. The number of hydrogen-bond acceptors (Lipinski definition) is 5. The van der Waals surface area contributed by atoms with Crippen LogP contribution >= 0.6 is 0 Å². The van der Waals surface area contributed by atoms with Crippen LogP contribution in [0.1, 0.15) is 17.3 Å². The molecule has 0 saturated heterocycles. The number of phenols is 1. The smallest absolute Gasteiger partial charge is 0.272 e. The summed E-state index contributed by atoms with van der Waals surface area (Å²) >= 11 is 0. The van der Waals surface area contributed by atoms with Gasteiger partial charge in [0.1, 0.15) is 28.6 Å². The maximum atomic E-state index is 13.8. The number of halogens is 1. The monoisotopic (exact) mass is 448 g/mol. The van der Waals surface area contributed by atoms with Crippen molar-refractivity contribution in [2.45, 2.75) is 6.92 Å². The van der Waals surface area contributed by atoms with Gasteiger partial charge in [-0.1, -0.05) is 6.07 Å². The van der Waals surface area contributed by atoms with Crippen LogP contribution < -0.4 is 15.2 Å². The van der Waals surface area contributed by atoms with Gasteiger partial charge in [0.15, 0.2) is 0 Å². The summed E-state index contributed by atoms with van der Waals surface area (Å²) in [6, 6.07) is 16.0. The fraction of sp³-hybridized carbons (Fsp3) is 0.120. The Balaban J connectivity index is 2.02. The van der Waals surface area contributed by atoms with Crippen LogP contribution in [0.3, 0.4) is 0 Å². The summed E-state index contributed by atoms with van der Waals surface area (Å²) < 4.78 is 20.3. The predicted octanol–water partition coefficient (Wildman–Crippen LogP) is 4.22. The lowest BCUT2D eigenvalue weighted by atomic mass is 10.1. The average Bonchev–Trinajstić information content (AvgIpc) is 2.80. The van der Waals surface area contributed by atoms with Gasteiger partial charge < -0.3 is 19.8 Å². The number of methoxy groups -OCH3 is 1. The number of benzene rings is 3. The van der Waals surface area contributed by atoms with Gasteiger partial charge in [0.05, 0.1) is 12.6 Å². The zero-order valence-electron chi connectivity index (χ0n) is 17.9. The van der Waals surface area contributed by atoms with Gasteiger partial charge in [-0.2, -0.15) is 0 Å². The number of hydrogen-bond donors (Lipinski definition) is 2. The maximum absolute atomic E-state index is 13.8. The number of ether oxygens (including phenoxy) is 1. The van der Waals surface area contributed by atoms with Crippen LogP contribution in [0.25, 0.3) is 16.6 Å². The molecule has 0 unspecified atom stereocenters. The Bertz CT molecular complexity index is 1410. The minimum Gasteiger partial charge on any atom is -0.508 e. The Labute approximate surface area is 188 Å². The molecule has 8 heteroatoms. The lowest BCUT2D eigenvalue weighted by molar-refractivity contribution is 0.0984. The Kier molecular flexibility index (Phi) is 5.74. The normalized spacial score (nSPS) is 10.9. The predicted molar refractivity (Wildman–Crippen MR) is 123 cm³/mol. The molecule has 7 nitrogen and oxygen atoms in total. The second-order valence-electron chi connectivity index (χ2n) is 7.29. The molecule has 168 valence electrons. The molecule has 0 atom stereocenters. The van der Waals surface area contributed by atoms with Crippen LogP contribution in [-0.4, -0.2) is 34.3 Å². The molecule has 4 aromatic rings. The molecule has 1 aromatic heterocycles. The highest BCUT2D eigenvalue weighted by Gasteiger charge is 2.27. The van der Waals surface area contributed by atoms with E-state index in [0.717, 1.165) is 0 Å². The number of aromatic hydroxyl groups is 2. The molecule has 3 aromatic carbocycles. The van der Waals surface area contributed by atoms with E-state index in [1.165, 1.54) is 59.0 Å². The van der Waals surface area contributed by atoms with E-state index in [2.05, 4.69) is 0 Å². The highest BCUT2D eigenvalue weighted by molar-refractivity contribution is 6.10. The van der Waals surface area contributed by atoms with Crippen LogP contribution in [0.15, 0.2) is 71.5 Å². The fourth-order valence-electron chi connectivity index (χ4n) is 3.75. The van der Waals surface area contributed by atoms with E-state index in [-0.39, 0.29) is 23.4 Å². The fourth-order valence-corrected chi connectivity index (χ4v) is 3.75. The van der Waals surface area contributed by atoms with Gasteiger partial charge in [-0.15, -0.1) is 0 Å². The molecule has 0 aliphatic heterocycles. The van der Waals surface area contributed by atoms with E-state index in [1.807, 2.05) is 0 Å². The van der Waals surface area contributed by atoms with Crippen molar-refractivity contribution in [1.82, 2.24) is 4.57 Å². The average molecular weight is 448 g/mol. The molecule has 4 rings (SSSR count). The van der Waals surface area contributed by atoms with Crippen molar-refractivity contribution in [2.75, 3.05) is 18.6 Å². The summed E-state index contributed by atoms with van der Waals surface area (Å²) in [5.74, 6) is -1.33. The van der Waals surface area contributed by atoms with Crippen molar-refractivity contribution in [3.63, 3.8) is 0 Å². The zero-order valence-corrected chi connectivity index (χ0v) is 17.9. The van der Waals surface area contributed by atoms with E-state index in [4.69, 9.17) is 4.74 Å². The molecule has 2 N–H and O–H groups in total. The largest absolute Gasteiger partial charge is 0.508 e. The summed E-state index contributed by atoms with van der Waals surface area (Å²) in [7, 11) is 1.47. The molecule has 1 amide bonds. The quantitative estimate of drug-likeness (QED) is 0.477. The van der Waals surface area contributed by atoms with Crippen LogP contribution in [-0.2, 0) is 0 Å². The standard InChI is InChI=1S/C25H21FN2O5/c1-3-27(17-6-4-5-15(26)13-17)24(31)22-23(30)20-12-11-19(33-2)14-21(20)28(25(22)32)16-7-9-18(29)10-8-16/h4-14,29-30H,3H2,1-2H3. The molecule has 0 aliphatic carbocycles. The van der Waals surface area contributed by atoms with Gasteiger partial charge in [-0.05, 0) is 61.5 Å². The molecule has 0 spiro atoms. The Morgan fingerprint density at radius 2 is 1.79 bits per heavy atom. The first kappa shape index (κ1) is 21.9. The van der Waals surface area contributed by atoms with E-state index in [9.17, 15) is 24.2 Å². The van der Waals surface area contributed by atoms with Gasteiger partial charge in [0.2, 0.25) is 0 Å². The highest BCUT2D eigenvalue weighted by Crippen LogP contribution is 2.32. The van der Waals surface area contributed by atoms with Gasteiger partial charge >= 0.3 is 0 Å². The van der Waals surface area contributed by atoms with E-state index in [0.29, 0.717) is 17.0 Å². The third-order valence-corrected chi connectivity index (χ3v) is 5.36. The van der Waals surface area contributed by atoms with Gasteiger partial charge in [-0.3, -0.25) is 14.2 Å². The number of anilines is 1. The number of carbonyl (C=O) groups is 1. The molecule has 33 heavy (non-hydrogen) atoms. The van der Waals surface area contributed by atoms with Crippen molar-refractivity contribution in [3.8, 4) is 22.9 Å². The highest BCUT2D eigenvalue weighted by atomic mass is 19.1. The van der Waals surface area contributed by atoms with Crippen LogP contribution in [0.2, 0.25) is 0 Å². The van der Waals surface area contributed by atoms with Crippen molar-refractivity contribution >= 4 is 22.5 Å². The number of fused-ring (bicyclic) bond motifs is 1. The first-order valence-corrected chi connectivity index (χ1v) is 10.2.